The lowest BCUT2D eigenvalue weighted by Crippen LogP contribution is -2.12. The van der Waals surface area contributed by atoms with E-state index in [1.807, 2.05) is 0 Å². The molecule has 0 radical (unpaired) electrons. The molecule has 0 heterocycles. The van der Waals surface area contributed by atoms with Crippen molar-refractivity contribution in [3.63, 3.8) is 0 Å². The van der Waals surface area contributed by atoms with Gasteiger partial charge in [-0.2, -0.15) is 0 Å². The van der Waals surface area contributed by atoms with Crippen molar-refractivity contribution in [1.82, 2.24) is 0 Å². The van der Waals surface area contributed by atoms with E-state index in [2.05, 4.69) is 11.8 Å². The van der Waals surface area contributed by atoms with Crippen LogP contribution in [0, 0.1) is 4.91 Å². The van der Waals surface area contributed by atoms with Crippen LogP contribution in [0.4, 0.5) is 5.69 Å². The molecule has 1 aromatic rings. The van der Waals surface area contributed by atoms with Crippen molar-refractivity contribution in [2.75, 3.05) is 14.2 Å². The van der Waals surface area contributed by atoms with Crippen LogP contribution in [0.25, 0.3) is 5.57 Å². The van der Waals surface area contributed by atoms with Crippen LogP contribution in [0.5, 0.6) is 0 Å². The van der Waals surface area contributed by atoms with Crippen molar-refractivity contribution in [3.8, 4) is 0 Å². The third-order valence-electron chi connectivity index (χ3n) is 2.32. The Hall–Kier alpha value is -1.52. The van der Waals surface area contributed by atoms with Gasteiger partial charge < -0.3 is 9.47 Å². The van der Waals surface area contributed by atoms with E-state index in [-0.39, 0.29) is 6.29 Å². The molecule has 0 fully saturated rings. The first-order chi connectivity index (χ1) is 7.71. The minimum atomic E-state index is -0.295. The second-order valence-electron chi connectivity index (χ2n) is 3.35. The van der Waals surface area contributed by atoms with Crippen molar-refractivity contribution in [1.29, 1.82) is 0 Å². The molecule has 0 saturated heterocycles. The van der Waals surface area contributed by atoms with E-state index < -0.39 is 0 Å². The average Bonchev–Trinajstić information content (AvgIpc) is 2.35. The zero-order valence-corrected chi connectivity index (χ0v) is 9.47. The molecule has 0 bridgehead atoms. The predicted octanol–water partition coefficient (Wildman–Crippen LogP) is 3.11. The van der Waals surface area contributed by atoms with Gasteiger partial charge in [-0.25, -0.2) is 0 Å². The van der Waals surface area contributed by atoms with Gasteiger partial charge in [0.15, 0.2) is 6.29 Å². The summed E-state index contributed by atoms with van der Waals surface area (Å²) in [4.78, 5) is 10.2. The maximum atomic E-state index is 10.2. The molecule has 0 unspecified atom stereocenters. The summed E-state index contributed by atoms with van der Waals surface area (Å²) in [5.74, 6) is 0. The van der Waals surface area contributed by atoms with Gasteiger partial charge in [0.25, 0.3) is 0 Å². The zero-order valence-electron chi connectivity index (χ0n) is 9.47. The fourth-order valence-electron chi connectivity index (χ4n) is 1.34. The summed E-state index contributed by atoms with van der Waals surface area (Å²) < 4.78 is 10.2. The molecule has 0 amide bonds. The van der Waals surface area contributed by atoms with Gasteiger partial charge in [-0.15, -0.1) is 4.91 Å². The molecule has 4 nitrogen and oxygen atoms in total. The maximum absolute atomic E-state index is 10.2. The molecule has 0 spiro atoms. The molecule has 1 aromatic carbocycles. The fraction of sp³-hybridized carbons (Fsp3) is 0.333. The standard InChI is InChI=1S/C12H15NO3/c1-9(8-12(15-2)16-3)10-4-6-11(13-14)7-5-10/h4-7,12H,1,8H2,2-3H3. The third kappa shape index (κ3) is 3.25. The summed E-state index contributed by atoms with van der Waals surface area (Å²) >= 11 is 0. The Bertz CT molecular complexity index is 355. The largest absolute Gasteiger partial charge is 0.356 e. The Kier molecular flexibility index (Phi) is 4.82. The smallest absolute Gasteiger partial charge is 0.160 e. The van der Waals surface area contributed by atoms with E-state index in [1.54, 1.807) is 38.5 Å². The van der Waals surface area contributed by atoms with Gasteiger partial charge in [0, 0.05) is 20.6 Å². The van der Waals surface area contributed by atoms with Crippen molar-refractivity contribution < 1.29 is 9.47 Å². The summed E-state index contributed by atoms with van der Waals surface area (Å²) in [7, 11) is 3.17. The van der Waals surface area contributed by atoms with Gasteiger partial charge in [0.1, 0.15) is 5.69 Å². The van der Waals surface area contributed by atoms with Gasteiger partial charge in [0.05, 0.1) is 0 Å². The zero-order chi connectivity index (χ0) is 12.0. The molecule has 0 aliphatic rings. The second-order valence-corrected chi connectivity index (χ2v) is 3.35. The highest BCUT2D eigenvalue weighted by Crippen LogP contribution is 2.22. The van der Waals surface area contributed by atoms with Gasteiger partial charge >= 0.3 is 0 Å². The molecule has 0 aliphatic heterocycles. The van der Waals surface area contributed by atoms with Gasteiger partial charge in [-0.05, 0) is 28.4 Å². The molecule has 0 aliphatic carbocycles. The normalized spacial score (nSPS) is 10.4. The lowest BCUT2D eigenvalue weighted by atomic mass is 10.0. The highest BCUT2D eigenvalue weighted by molar-refractivity contribution is 5.64. The van der Waals surface area contributed by atoms with Crippen LogP contribution >= 0.6 is 0 Å². The van der Waals surface area contributed by atoms with Crippen LogP contribution < -0.4 is 0 Å². The van der Waals surface area contributed by atoms with Gasteiger partial charge in [-0.3, -0.25) is 0 Å². The highest BCUT2D eigenvalue weighted by atomic mass is 16.7. The minimum Gasteiger partial charge on any atom is -0.356 e. The summed E-state index contributed by atoms with van der Waals surface area (Å²) in [5.41, 5.74) is 2.25. The number of rotatable bonds is 6. The van der Waals surface area contributed by atoms with E-state index >= 15 is 0 Å². The first-order valence-corrected chi connectivity index (χ1v) is 4.88. The first-order valence-electron chi connectivity index (χ1n) is 4.88. The molecule has 16 heavy (non-hydrogen) atoms. The minimum absolute atomic E-state index is 0.295. The second kappa shape index (κ2) is 6.15. The average molecular weight is 221 g/mol. The van der Waals surface area contributed by atoms with E-state index in [0.717, 1.165) is 11.1 Å². The molecular formula is C12H15NO3. The van der Waals surface area contributed by atoms with Crippen molar-refractivity contribution in [2.24, 2.45) is 5.18 Å². The van der Waals surface area contributed by atoms with Crippen LogP contribution in [-0.4, -0.2) is 20.5 Å². The summed E-state index contributed by atoms with van der Waals surface area (Å²) in [6, 6.07) is 6.92. The molecule has 0 atom stereocenters. The third-order valence-corrected chi connectivity index (χ3v) is 2.32. The lowest BCUT2D eigenvalue weighted by molar-refractivity contribution is -0.0971. The van der Waals surface area contributed by atoms with Gasteiger partial charge in [-0.1, -0.05) is 18.7 Å². The van der Waals surface area contributed by atoms with E-state index in [1.165, 1.54) is 0 Å². The molecule has 1 rings (SSSR count). The molecule has 4 heteroatoms. The Morgan fingerprint density at radius 2 is 1.88 bits per heavy atom. The number of benzene rings is 1. The Balaban J connectivity index is 2.68. The topological polar surface area (TPSA) is 47.9 Å². The maximum Gasteiger partial charge on any atom is 0.160 e. The molecule has 86 valence electrons. The van der Waals surface area contributed by atoms with Crippen LogP contribution in [-0.2, 0) is 9.47 Å². The van der Waals surface area contributed by atoms with Crippen molar-refractivity contribution in [3.05, 3.63) is 41.3 Å². The van der Waals surface area contributed by atoms with Crippen LogP contribution in [0.2, 0.25) is 0 Å². The van der Waals surface area contributed by atoms with E-state index in [0.29, 0.717) is 12.1 Å². The molecular weight excluding hydrogens is 206 g/mol. The van der Waals surface area contributed by atoms with Crippen LogP contribution in [0.1, 0.15) is 12.0 Å². The number of methoxy groups -OCH3 is 2. The number of ether oxygens (including phenoxy) is 2. The Morgan fingerprint density at radius 1 is 1.31 bits per heavy atom. The quantitative estimate of drug-likeness (QED) is 0.547. The predicted molar refractivity (Wildman–Crippen MR) is 63.4 cm³/mol. The highest BCUT2D eigenvalue weighted by Gasteiger charge is 2.08. The number of nitrogens with zero attached hydrogens (tertiary/aromatic N) is 1. The first kappa shape index (κ1) is 12.5. The molecule has 0 saturated carbocycles. The monoisotopic (exact) mass is 221 g/mol. The molecule has 0 aromatic heterocycles. The Morgan fingerprint density at radius 3 is 2.31 bits per heavy atom. The number of nitroso groups, excluding NO2 is 1. The fourth-order valence-corrected chi connectivity index (χ4v) is 1.34. The lowest BCUT2D eigenvalue weighted by Gasteiger charge is -2.14. The van der Waals surface area contributed by atoms with Crippen molar-refractivity contribution >= 4 is 11.3 Å². The van der Waals surface area contributed by atoms with E-state index in [4.69, 9.17) is 9.47 Å². The Labute approximate surface area is 94.9 Å². The van der Waals surface area contributed by atoms with Crippen LogP contribution in [0.15, 0.2) is 36.0 Å². The van der Waals surface area contributed by atoms with Gasteiger partial charge in [0.2, 0.25) is 0 Å². The van der Waals surface area contributed by atoms with E-state index in [9.17, 15) is 4.91 Å². The number of hydrogen-bond acceptors (Lipinski definition) is 4. The summed E-state index contributed by atoms with van der Waals surface area (Å²) in [6.07, 6.45) is 0.289. The van der Waals surface area contributed by atoms with Crippen LogP contribution in [0.3, 0.4) is 0 Å². The molecule has 0 N–H and O–H groups in total. The van der Waals surface area contributed by atoms with Crippen molar-refractivity contribution in [2.45, 2.75) is 12.7 Å². The number of hydrogen-bond donors (Lipinski definition) is 0. The summed E-state index contributed by atoms with van der Waals surface area (Å²) in [6.45, 7) is 3.95. The summed E-state index contributed by atoms with van der Waals surface area (Å²) in [5, 5.41) is 2.84. The SMILES string of the molecule is C=C(CC(OC)OC)c1ccc(N=O)cc1.